The third-order valence-electron chi connectivity index (χ3n) is 1.46. The van der Waals surface area contributed by atoms with Crippen LogP contribution in [-0.4, -0.2) is 43.8 Å². The van der Waals surface area contributed by atoms with Crippen molar-refractivity contribution in [1.82, 2.24) is 4.90 Å². The van der Waals surface area contributed by atoms with Crippen LogP contribution < -0.4 is 0 Å². The molecule has 5 nitrogen and oxygen atoms in total. The maximum atomic E-state index is 11.2. The molecule has 0 bridgehead atoms. The zero-order valence-corrected chi connectivity index (χ0v) is 9.36. The standard InChI is InChI=1S/C10H17NO4/c1-5-8(12)14-10(6-2)15-9(13)7-11(3)4/h5,10H,1,6-7H2,2-4H3. The van der Waals surface area contributed by atoms with Gasteiger partial charge in [-0.3, -0.25) is 9.69 Å². The zero-order chi connectivity index (χ0) is 11.8. The summed E-state index contributed by atoms with van der Waals surface area (Å²) in [5, 5.41) is 0. The molecule has 0 heterocycles. The molecule has 0 amide bonds. The Morgan fingerprint density at radius 3 is 2.40 bits per heavy atom. The predicted molar refractivity (Wildman–Crippen MR) is 55.0 cm³/mol. The van der Waals surface area contributed by atoms with E-state index in [0.717, 1.165) is 6.08 Å². The molecule has 86 valence electrons. The van der Waals surface area contributed by atoms with Gasteiger partial charge in [-0.1, -0.05) is 13.5 Å². The van der Waals surface area contributed by atoms with Gasteiger partial charge in [0.2, 0.25) is 6.29 Å². The van der Waals surface area contributed by atoms with Crippen molar-refractivity contribution in [3.05, 3.63) is 12.7 Å². The first-order valence-corrected chi connectivity index (χ1v) is 4.66. The third-order valence-corrected chi connectivity index (χ3v) is 1.46. The minimum atomic E-state index is -0.831. The topological polar surface area (TPSA) is 55.8 Å². The van der Waals surface area contributed by atoms with E-state index >= 15 is 0 Å². The number of hydrogen-bond donors (Lipinski definition) is 0. The first-order chi connectivity index (χ1) is 6.99. The lowest BCUT2D eigenvalue weighted by atomic mass is 10.4. The smallest absolute Gasteiger partial charge is 0.333 e. The Labute approximate surface area is 89.6 Å². The highest BCUT2D eigenvalue weighted by molar-refractivity contribution is 5.81. The summed E-state index contributed by atoms with van der Waals surface area (Å²) in [5.41, 5.74) is 0. The summed E-state index contributed by atoms with van der Waals surface area (Å²) in [6.07, 6.45) is 0.615. The fraction of sp³-hybridized carbons (Fsp3) is 0.600. The highest BCUT2D eigenvalue weighted by Gasteiger charge is 2.15. The molecular formula is C10H17NO4. The molecule has 5 heteroatoms. The summed E-state index contributed by atoms with van der Waals surface area (Å²) in [5.74, 6) is -1.02. The Bertz CT molecular complexity index is 238. The molecule has 0 aromatic carbocycles. The average Bonchev–Trinajstić information content (AvgIpc) is 2.15. The SMILES string of the molecule is C=CC(=O)OC(CC)OC(=O)CN(C)C. The van der Waals surface area contributed by atoms with Crippen LogP contribution in [0, 0.1) is 0 Å². The van der Waals surface area contributed by atoms with Crippen LogP contribution in [0.25, 0.3) is 0 Å². The van der Waals surface area contributed by atoms with E-state index in [-0.39, 0.29) is 6.54 Å². The van der Waals surface area contributed by atoms with Crippen LogP contribution in [0.5, 0.6) is 0 Å². The van der Waals surface area contributed by atoms with E-state index < -0.39 is 18.2 Å². The molecule has 0 aliphatic carbocycles. The number of hydrogen-bond acceptors (Lipinski definition) is 5. The van der Waals surface area contributed by atoms with Crippen molar-refractivity contribution in [2.75, 3.05) is 20.6 Å². The van der Waals surface area contributed by atoms with E-state index in [4.69, 9.17) is 9.47 Å². The van der Waals surface area contributed by atoms with E-state index in [2.05, 4.69) is 6.58 Å². The average molecular weight is 215 g/mol. The summed E-state index contributed by atoms with van der Waals surface area (Å²) in [7, 11) is 3.50. The van der Waals surface area contributed by atoms with Crippen LogP contribution in [0.4, 0.5) is 0 Å². The molecule has 0 N–H and O–H groups in total. The number of likely N-dealkylation sites (N-methyl/N-ethyl adjacent to an activating group) is 1. The second-order valence-corrected chi connectivity index (χ2v) is 3.21. The van der Waals surface area contributed by atoms with E-state index in [1.165, 1.54) is 0 Å². The molecule has 0 saturated heterocycles. The number of nitrogens with zero attached hydrogens (tertiary/aromatic N) is 1. The molecule has 0 radical (unpaired) electrons. The molecule has 0 aliphatic heterocycles. The molecule has 1 unspecified atom stereocenters. The highest BCUT2D eigenvalue weighted by atomic mass is 16.7. The normalized spacial score (nSPS) is 12.0. The van der Waals surface area contributed by atoms with Crippen LogP contribution >= 0.6 is 0 Å². The van der Waals surface area contributed by atoms with Crippen molar-refractivity contribution < 1.29 is 19.1 Å². The van der Waals surface area contributed by atoms with Gasteiger partial charge in [0.15, 0.2) is 0 Å². The Balaban J connectivity index is 4.03. The van der Waals surface area contributed by atoms with Crippen molar-refractivity contribution in [3.63, 3.8) is 0 Å². The fourth-order valence-corrected chi connectivity index (χ4v) is 0.810. The second kappa shape index (κ2) is 7.00. The minimum absolute atomic E-state index is 0.155. The lowest BCUT2D eigenvalue weighted by Gasteiger charge is -2.17. The lowest BCUT2D eigenvalue weighted by Crippen LogP contribution is -2.29. The van der Waals surface area contributed by atoms with Crippen molar-refractivity contribution in [1.29, 1.82) is 0 Å². The lowest BCUT2D eigenvalue weighted by molar-refractivity contribution is -0.185. The van der Waals surface area contributed by atoms with E-state index in [1.807, 2.05) is 0 Å². The molecule has 0 aliphatic rings. The summed E-state index contributed by atoms with van der Waals surface area (Å²) in [6.45, 7) is 5.16. The van der Waals surface area contributed by atoms with Gasteiger partial charge < -0.3 is 9.47 Å². The van der Waals surface area contributed by atoms with Gasteiger partial charge in [-0.25, -0.2) is 4.79 Å². The molecule has 0 aromatic heterocycles. The van der Waals surface area contributed by atoms with Gasteiger partial charge in [-0.15, -0.1) is 0 Å². The number of rotatable bonds is 6. The van der Waals surface area contributed by atoms with Crippen molar-refractivity contribution in [2.24, 2.45) is 0 Å². The Hall–Kier alpha value is -1.36. The van der Waals surface area contributed by atoms with Crippen molar-refractivity contribution in [3.8, 4) is 0 Å². The Morgan fingerprint density at radius 1 is 1.40 bits per heavy atom. The summed E-state index contributed by atoms with van der Waals surface area (Å²) >= 11 is 0. The second-order valence-electron chi connectivity index (χ2n) is 3.21. The summed E-state index contributed by atoms with van der Waals surface area (Å²) in [4.78, 5) is 23.7. The number of carbonyl (C=O) groups is 2. The van der Waals surface area contributed by atoms with Gasteiger partial charge in [0.1, 0.15) is 0 Å². The first-order valence-electron chi connectivity index (χ1n) is 4.66. The van der Waals surface area contributed by atoms with Crippen molar-refractivity contribution >= 4 is 11.9 Å². The van der Waals surface area contributed by atoms with Crippen LogP contribution in [-0.2, 0) is 19.1 Å². The van der Waals surface area contributed by atoms with Gasteiger partial charge in [0.25, 0.3) is 0 Å². The van der Waals surface area contributed by atoms with Gasteiger partial charge >= 0.3 is 11.9 Å². The van der Waals surface area contributed by atoms with Crippen LogP contribution in [0.1, 0.15) is 13.3 Å². The van der Waals surface area contributed by atoms with Gasteiger partial charge in [-0.05, 0) is 14.1 Å². The molecule has 0 spiro atoms. The quantitative estimate of drug-likeness (QED) is 0.368. The van der Waals surface area contributed by atoms with E-state index in [0.29, 0.717) is 6.42 Å². The van der Waals surface area contributed by atoms with E-state index in [9.17, 15) is 9.59 Å². The minimum Gasteiger partial charge on any atom is -0.424 e. The predicted octanol–water partition coefficient (Wildman–Crippen LogP) is 0.556. The molecule has 0 saturated carbocycles. The number of esters is 2. The molecule has 1 atom stereocenters. The van der Waals surface area contributed by atoms with Crippen LogP contribution in [0.15, 0.2) is 12.7 Å². The number of ether oxygens (including phenoxy) is 2. The third kappa shape index (κ3) is 6.68. The van der Waals surface area contributed by atoms with E-state index in [1.54, 1.807) is 25.9 Å². The largest absolute Gasteiger partial charge is 0.424 e. The fourth-order valence-electron chi connectivity index (χ4n) is 0.810. The molecule has 15 heavy (non-hydrogen) atoms. The highest BCUT2D eigenvalue weighted by Crippen LogP contribution is 2.02. The molecule has 0 aromatic rings. The molecule has 0 rings (SSSR count). The maximum Gasteiger partial charge on any atom is 0.333 e. The maximum absolute atomic E-state index is 11.2. The molecule has 0 fully saturated rings. The Morgan fingerprint density at radius 2 is 2.00 bits per heavy atom. The summed E-state index contributed by atoms with van der Waals surface area (Å²) in [6, 6.07) is 0. The van der Waals surface area contributed by atoms with Crippen LogP contribution in [0.3, 0.4) is 0 Å². The summed E-state index contributed by atoms with van der Waals surface area (Å²) < 4.78 is 9.69. The van der Waals surface area contributed by atoms with Gasteiger partial charge in [0, 0.05) is 12.5 Å². The Kier molecular flexibility index (Phi) is 6.37. The van der Waals surface area contributed by atoms with Gasteiger partial charge in [0.05, 0.1) is 6.54 Å². The first kappa shape index (κ1) is 13.6. The molecular weight excluding hydrogens is 198 g/mol. The number of carbonyl (C=O) groups excluding carboxylic acids is 2. The zero-order valence-electron chi connectivity index (χ0n) is 9.36. The van der Waals surface area contributed by atoms with Crippen molar-refractivity contribution in [2.45, 2.75) is 19.6 Å². The van der Waals surface area contributed by atoms with Crippen LogP contribution in [0.2, 0.25) is 0 Å². The monoisotopic (exact) mass is 215 g/mol. The van der Waals surface area contributed by atoms with Gasteiger partial charge in [-0.2, -0.15) is 0 Å².